The molecule has 1 fully saturated rings. The van der Waals surface area contributed by atoms with E-state index in [0.717, 1.165) is 29.8 Å². The van der Waals surface area contributed by atoms with Crippen molar-refractivity contribution in [2.45, 2.75) is 24.8 Å². The van der Waals surface area contributed by atoms with Gasteiger partial charge in [0.05, 0.1) is 5.41 Å². The highest BCUT2D eigenvalue weighted by molar-refractivity contribution is 5.91. The second-order valence-electron chi connectivity index (χ2n) is 6.26. The van der Waals surface area contributed by atoms with Gasteiger partial charge in [-0.2, -0.15) is 0 Å². The van der Waals surface area contributed by atoms with E-state index >= 15 is 0 Å². The topological polar surface area (TPSA) is 59.8 Å². The highest BCUT2D eigenvalue weighted by Gasteiger charge is 2.51. The van der Waals surface area contributed by atoms with Crippen LogP contribution in [-0.4, -0.2) is 20.4 Å². The van der Waals surface area contributed by atoms with Crippen molar-refractivity contribution in [2.24, 2.45) is 0 Å². The van der Waals surface area contributed by atoms with Crippen molar-refractivity contribution in [3.63, 3.8) is 0 Å². The van der Waals surface area contributed by atoms with Crippen LogP contribution in [0.1, 0.15) is 24.0 Å². The summed E-state index contributed by atoms with van der Waals surface area (Å²) in [6.07, 6.45) is 8.48. The molecule has 1 aromatic carbocycles. The number of carbonyl (C=O) groups is 1. The summed E-state index contributed by atoms with van der Waals surface area (Å²) in [7, 11) is 0. The summed E-state index contributed by atoms with van der Waals surface area (Å²) in [6, 6.07) is 10.0. The van der Waals surface area contributed by atoms with E-state index in [1.54, 1.807) is 30.9 Å². The molecule has 2 aromatic heterocycles. The van der Waals surface area contributed by atoms with Gasteiger partial charge in [-0.15, -0.1) is 0 Å². The van der Waals surface area contributed by atoms with E-state index in [4.69, 9.17) is 0 Å². The molecule has 5 nitrogen and oxygen atoms in total. The van der Waals surface area contributed by atoms with Gasteiger partial charge in [0.25, 0.3) is 0 Å². The highest BCUT2D eigenvalue weighted by atomic mass is 19.1. The molecule has 0 saturated heterocycles. The number of carbonyl (C=O) groups excluding carboxylic acids is 1. The SMILES string of the molecule is O=C(NCc1ccnc(-n2ccnc2)c1)C1(c2ccc(F)cc2)CC1. The Bertz CT molecular complexity index is 886. The summed E-state index contributed by atoms with van der Waals surface area (Å²) >= 11 is 0. The third kappa shape index (κ3) is 3.03. The average Bonchev–Trinajstić information content (AvgIpc) is 3.26. The molecule has 0 bridgehead atoms. The molecule has 3 aromatic rings. The minimum absolute atomic E-state index is 0.0138. The molecule has 0 atom stereocenters. The molecular weight excluding hydrogens is 319 g/mol. The first-order valence-corrected chi connectivity index (χ1v) is 8.15. The number of hydrogen-bond acceptors (Lipinski definition) is 3. The summed E-state index contributed by atoms with van der Waals surface area (Å²) in [5, 5.41) is 3.00. The Morgan fingerprint density at radius 1 is 1.20 bits per heavy atom. The predicted octanol–water partition coefficient (Wildman–Crippen LogP) is 2.75. The Balaban J connectivity index is 1.46. The normalized spacial score (nSPS) is 14.9. The molecule has 2 heterocycles. The lowest BCUT2D eigenvalue weighted by Crippen LogP contribution is -2.34. The van der Waals surface area contributed by atoms with Crippen LogP contribution in [0.3, 0.4) is 0 Å². The molecule has 6 heteroatoms. The molecule has 126 valence electrons. The maximum atomic E-state index is 13.1. The molecule has 1 aliphatic carbocycles. The van der Waals surface area contributed by atoms with Gasteiger partial charge in [-0.05, 0) is 48.2 Å². The fourth-order valence-electron chi connectivity index (χ4n) is 3.00. The molecule has 1 aliphatic rings. The van der Waals surface area contributed by atoms with E-state index < -0.39 is 5.41 Å². The highest BCUT2D eigenvalue weighted by Crippen LogP contribution is 2.48. The third-order valence-corrected chi connectivity index (χ3v) is 4.61. The summed E-state index contributed by atoms with van der Waals surface area (Å²) in [4.78, 5) is 21.0. The Hall–Kier alpha value is -3.02. The number of aromatic nitrogens is 3. The van der Waals surface area contributed by atoms with Crippen molar-refractivity contribution in [1.29, 1.82) is 0 Å². The van der Waals surface area contributed by atoms with Crippen molar-refractivity contribution in [2.75, 3.05) is 0 Å². The lowest BCUT2D eigenvalue weighted by molar-refractivity contribution is -0.123. The summed E-state index contributed by atoms with van der Waals surface area (Å²) in [5.41, 5.74) is 1.33. The smallest absolute Gasteiger partial charge is 0.230 e. The Morgan fingerprint density at radius 3 is 2.68 bits per heavy atom. The van der Waals surface area contributed by atoms with Crippen LogP contribution in [0.15, 0.2) is 61.3 Å². The first kappa shape index (κ1) is 15.5. The Morgan fingerprint density at radius 2 is 2.00 bits per heavy atom. The van der Waals surface area contributed by atoms with Crippen molar-refractivity contribution >= 4 is 5.91 Å². The molecular formula is C19H17FN4O. The number of pyridine rings is 1. The zero-order valence-corrected chi connectivity index (χ0v) is 13.5. The second kappa shape index (κ2) is 6.12. The quantitative estimate of drug-likeness (QED) is 0.779. The van der Waals surface area contributed by atoms with E-state index in [1.807, 2.05) is 22.9 Å². The van der Waals surface area contributed by atoms with Crippen LogP contribution in [0.4, 0.5) is 4.39 Å². The predicted molar refractivity (Wildman–Crippen MR) is 90.5 cm³/mol. The van der Waals surface area contributed by atoms with Crippen LogP contribution in [0, 0.1) is 5.82 Å². The lowest BCUT2D eigenvalue weighted by Gasteiger charge is -2.16. The van der Waals surface area contributed by atoms with E-state index in [1.165, 1.54) is 12.1 Å². The fourth-order valence-corrected chi connectivity index (χ4v) is 3.00. The van der Waals surface area contributed by atoms with Crippen LogP contribution in [0.5, 0.6) is 0 Å². The van der Waals surface area contributed by atoms with Crippen molar-refractivity contribution in [3.05, 3.63) is 78.3 Å². The van der Waals surface area contributed by atoms with Gasteiger partial charge in [-0.25, -0.2) is 14.4 Å². The van der Waals surface area contributed by atoms with E-state index in [2.05, 4.69) is 15.3 Å². The van der Waals surface area contributed by atoms with E-state index in [9.17, 15) is 9.18 Å². The maximum absolute atomic E-state index is 13.1. The Labute approximate surface area is 144 Å². The third-order valence-electron chi connectivity index (χ3n) is 4.61. The summed E-state index contributed by atoms with van der Waals surface area (Å²) in [5.74, 6) is 0.452. The molecule has 0 spiro atoms. The molecule has 1 saturated carbocycles. The molecule has 1 N–H and O–H groups in total. The molecule has 1 amide bonds. The van der Waals surface area contributed by atoms with Gasteiger partial charge < -0.3 is 5.32 Å². The summed E-state index contributed by atoms with van der Waals surface area (Å²) in [6.45, 7) is 0.423. The second-order valence-corrected chi connectivity index (χ2v) is 6.26. The monoisotopic (exact) mass is 336 g/mol. The van der Waals surface area contributed by atoms with Crippen LogP contribution in [-0.2, 0) is 16.8 Å². The van der Waals surface area contributed by atoms with Gasteiger partial charge in [0.15, 0.2) is 0 Å². The number of halogens is 1. The number of benzene rings is 1. The minimum Gasteiger partial charge on any atom is -0.351 e. The van der Waals surface area contributed by atoms with Crippen LogP contribution in [0.25, 0.3) is 5.82 Å². The fraction of sp³-hybridized carbons (Fsp3) is 0.211. The first-order valence-electron chi connectivity index (χ1n) is 8.15. The summed E-state index contributed by atoms with van der Waals surface area (Å²) < 4.78 is 14.9. The molecule has 0 radical (unpaired) electrons. The van der Waals surface area contributed by atoms with Gasteiger partial charge in [0.2, 0.25) is 5.91 Å². The minimum atomic E-state index is -0.506. The zero-order chi connectivity index (χ0) is 17.3. The van der Waals surface area contributed by atoms with Gasteiger partial charge in [-0.3, -0.25) is 9.36 Å². The maximum Gasteiger partial charge on any atom is 0.230 e. The van der Waals surface area contributed by atoms with Gasteiger partial charge in [0, 0.05) is 25.1 Å². The zero-order valence-electron chi connectivity index (χ0n) is 13.5. The van der Waals surface area contributed by atoms with Gasteiger partial charge >= 0.3 is 0 Å². The molecule has 4 rings (SSSR count). The van der Waals surface area contributed by atoms with Gasteiger partial charge in [-0.1, -0.05) is 12.1 Å². The van der Waals surface area contributed by atoms with Gasteiger partial charge in [0.1, 0.15) is 18.0 Å². The van der Waals surface area contributed by atoms with E-state index in [-0.39, 0.29) is 11.7 Å². The van der Waals surface area contributed by atoms with Crippen LogP contribution < -0.4 is 5.32 Å². The standard InChI is InChI=1S/C19H17FN4O/c20-16-3-1-15(2-4-16)19(6-7-19)18(25)23-12-14-5-8-22-17(11-14)24-10-9-21-13-24/h1-5,8-11,13H,6-7,12H2,(H,23,25). The van der Waals surface area contributed by atoms with Crippen molar-refractivity contribution in [1.82, 2.24) is 19.9 Å². The largest absolute Gasteiger partial charge is 0.351 e. The number of nitrogens with one attached hydrogen (secondary N) is 1. The number of imidazole rings is 1. The molecule has 25 heavy (non-hydrogen) atoms. The number of amides is 1. The molecule has 0 unspecified atom stereocenters. The molecule has 0 aliphatic heterocycles. The first-order chi connectivity index (χ1) is 12.2. The number of nitrogens with zero attached hydrogens (tertiary/aromatic N) is 3. The van der Waals surface area contributed by atoms with Crippen LogP contribution >= 0.6 is 0 Å². The number of rotatable bonds is 5. The average molecular weight is 336 g/mol. The van der Waals surface area contributed by atoms with Crippen LogP contribution in [0.2, 0.25) is 0 Å². The lowest BCUT2D eigenvalue weighted by atomic mass is 9.95. The van der Waals surface area contributed by atoms with Crippen molar-refractivity contribution < 1.29 is 9.18 Å². The Kier molecular flexibility index (Phi) is 3.80. The van der Waals surface area contributed by atoms with Crippen molar-refractivity contribution in [3.8, 4) is 5.82 Å². The van der Waals surface area contributed by atoms with E-state index in [0.29, 0.717) is 6.54 Å². The number of hydrogen-bond donors (Lipinski definition) is 1.